The Labute approximate surface area is 120 Å². The van der Waals surface area contributed by atoms with Gasteiger partial charge in [0.2, 0.25) is 0 Å². The highest BCUT2D eigenvalue weighted by Gasteiger charge is 2.09. The van der Waals surface area contributed by atoms with Crippen LogP contribution in [0.1, 0.15) is 32.5 Å². The molecule has 0 aliphatic carbocycles. The molecule has 114 valence electrons. The summed E-state index contributed by atoms with van der Waals surface area (Å²) in [5.74, 6) is 1.32. The molecule has 3 N–H and O–H groups in total. The van der Waals surface area contributed by atoms with E-state index in [9.17, 15) is 4.79 Å². The van der Waals surface area contributed by atoms with Gasteiger partial charge in [0, 0.05) is 38.1 Å². The number of hydrogen-bond acceptors (Lipinski definition) is 3. The first-order chi connectivity index (χ1) is 9.52. The number of imidazole rings is 1. The molecule has 6 nitrogen and oxygen atoms in total. The largest absolute Gasteiger partial charge is 0.396 e. The van der Waals surface area contributed by atoms with Gasteiger partial charge in [0.15, 0.2) is 0 Å². The molecule has 1 aromatic rings. The van der Waals surface area contributed by atoms with Gasteiger partial charge in [0.25, 0.3) is 0 Å². The maximum Gasteiger partial charge on any atom is 0.315 e. The zero-order chi connectivity index (χ0) is 15.0. The standard InChI is InChI=1S/C14H26N4O2/c1-11(10-18-7-6-15-13(18)3)9-16-14(20)17-12(2)5-4-8-19/h6-7,11-12,19H,4-5,8-10H2,1-3H3,(H2,16,17,20). The second kappa shape index (κ2) is 8.58. The van der Waals surface area contributed by atoms with Crippen molar-refractivity contribution in [2.45, 2.75) is 46.2 Å². The summed E-state index contributed by atoms with van der Waals surface area (Å²) in [6.45, 7) is 7.62. The van der Waals surface area contributed by atoms with Gasteiger partial charge in [-0.15, -0.1) is 0 Å². The number of aromatic nitrogens is 2. The van der Waals surface area contributed by atoms with Crippen LogP contribution in [-0.4, -0.2) is 39.9 Å². The smallest absolute Gasteiger partial charge is 0.315 e. The predicted octanol–water partition coefficient (Wildman–Crippen LogP) is 1.29. The van der Waals surface area contributed by atoms with Gasteiger partial charge in [0.1, 0.15) is 5.82 Å². The van der Waals surface area contributed by atoms with E-state index in [2.05, 4.69) is 27.1 Å². The Balaban J connectivity index is 2.21. The number of aliphatic hydroxyl groups excluding tert-OH is 1. The van der Waals surface area contributed by atoms with Crippen LogP contribution in [0.5, 0.6) is 0 Å². The number of hydrogen-bond donors (Lipinski definition) is 3. The van der Waals surface area contributed by atoms with E-state index in [1.807, 2.05) is 20.0 Å². The van der Waals surface area contributed by atoms with Crippen LogP contribution < -0.4 is 10.6 Å². The molecular weight excluding hydrogens is 256 g/mol. The summed E-state index contributed by atoms with van der Waals surface area (Å²) >= 11 is 0. The molecule has 1 heterocycles. The summed E-state index contributed by atoms with van der Waals surface area (Å²) in [6, 6.07) is -0.0713. The Bertz CT molecular complexity index is 406. The van der Waals surface area contributed by atoms with Gasteiger partial charge in [-0.1, -0.05) is 6.92 Å². The monoisotopic (exact) mass is 282 g/mol. The molecule has 1 rings (SSSR count). The van der Waals surface area contributed by atoms with Gasteiger partial charge in [-0.05, 0) is 32.6 Å². The van der Waals surface area contributed by atoms with E-state index in [4.69, 9.17) is 5.11 Å². The molecule has 0 fully saturated rings. The first-order valence-electron chi connectivity index (χ1n) is 7.16. The maximum atomic E-state index is 11.7. The lowest BCUT2D eigenvalue weighted by atomic mass is 10.2. The minimum Gasteiger partial charge on any atom is -0.396 e. The molecule has 0 spiro atoms. The molecule has 2 unspecified atom stereocenters. The number of urea groups is 1. The van der Waals surface area contributed by atoms with Crippen LogP contribution in [0.25, 0.3) is 0 Å². The second-order valence-electron chi connectivity index (χ2n) is 5.35. The van der Waals surface area contributed by atoms with E-state index in [0.29, 0.717) is 18.9 Å². The third-order valence-electron chi connectivity index (χ3n) is 3.22. The Hall–Kier alpha value is -1.56. The number of rotatable bonds is 8. The topological polar surface area (TPSA) is 79.2 Å². The summed E-state index contributed by atoms with van der Waals surface area (Å²) in [7, 11) is 0. The summed E-state index contributed by atoms with van der Waals surface area (Å²) in [6.07, 6.45) is 5.22. The summed E-state index contributed by atoms with van der Waals surface area (Å²) < 4.78 is 2.08. The maximum absolute atomic E-state index is 11.7. The van der Waals surface area contributed by atoms with Crippen molar-refractivity contribution in [2.24, 2.45) is 5.92 Å². The van der Waals surface area contributed by atoms with Gasteiger partial charge in [-0.3, -0.25) is 0 Å². The highest BCUT2D eigenvalue weighted by molar-refractivity contribution is 5.74. The van der Waals surface area contributed by atoms with Gasteiger partial charge < -0.3 is 20.3 Å². The fraction of sp³-hybridized carbons (Fsp3) is 0.714. The van der Waals surface area contributed by atoms with Gasteiger partial charge in [0.05, 0.1) is 0 Å². The van der Waals surface area contributed by atoms with E-state index >= 15 is 0 Å². The average Bonchev–Trinajstić information content (AvgIpc) is 2.79. The molecule has 2 atom stereocenters. The molecule has 0 aliphatic heterocycles. The van der Waals surface area contributed by atoms with Crippen molar-refractivity contribution in [3.8, 4) is 0 Å². The van der Waals surface area contributed by atoms with Crippen molar-refractivity contribution < 1.29 is 9.90 Å². The van der Waals surface area contributed by atoms with Crippen LogP contribution in [0.3, 0.4) is 0 Å². The second-order valence-corrected chi connectivity index (χ2v) is 5.35. The van der Waals surface area contributed by atoms with E-state index in [0.717, 1.165) is 18.8 Å². The van der Waals surface area contributed by atoms with Crippen molar-refractivity contribution in [1.82, 2.24) is 20.2 Å². The number of aliphatic hydroxyl groups is 1. The van der Waals surface area contributed by atoms with Crippen LogP contribution in [-0.2, 0) is 6.54 Å². The Morgan fingerprint density at radius 3 is 2.85 bits per heavy atom. The van der Waals surface area contributed by atoms with Gasteiger partial charge >= 0.3 is 6.03 Å². The van der Waals surface area contributed by atoms with Gasteiger partial charge in [-0.2, -0.15) is 0 Å². The highest BCUT2D eigenvalue weighted by Crippen LogP contribution is 2.02. The van der Waals surface area contributed by atoms with Crippen LogP contribution in [0.4, 0.5) is 4.79 Å². The van der Waals surface area contributed by atoms with Crippen LogP contribution in [0.15, 0.2) is 12.4 Å². The number of carbonyl (C=O) groups is 1. The van der Waals surface area contributed by atoms with Crippen molar-refractivity contribution >= 4 is 6.03 Å². The summed E-state index contributed by atoms with van der Waals surface area (Å²) in [5.41, 5.74) is 0. The van der Waals surface area contributed by atoms with Crippen molar-refractivity contribution in [3.05, 3.63) is 18.2 Å². The molecule has 0 aromatic carbocycles. The molecule has 0 saturated carbocycles. The molecule has 0 radical (unpaired) electrons. The summed E-state index contributed by atoms with van der Waals surface area (Å²) in [5, 5.41) is 14.5. The SMILES string of the molecule is Cc1nccn1CC(C)CNC(=O)NC(C)CCCO. The van der Waals surface area contributed by atoms with E-state index in [1.165, 1.54) is 0 Å². The molecule has 2 amide bonds. The van der Waals surface area contributed by atoms with Crippen LogP contribution >= 0.6 is 0 Å². The van der Waals surface area contributed by atoms with Crippen LogP contribution in [0, 0.1) is 12.8 Å². The number of carbonyl (C=O) groups excluding carboxylic acids is 1. The quantitative estimate of drug-likeness (QED) is 0.672. The molecule has 0 bridgehead atoms. The minimum atomic E-state index is -0.148. The lowest BCUT2D eigenvalue weighted by Crippen LogP contribution is -2.42. The molecule has 6 heteroatoms. The fourth-order valence-corrected chi connectivity index (χ4v) is 2.01. The van der Waals surface area contributed by atoms with Crippen LogP contribution in [0.2, 0.25) is 0 Å². The Morgan fingerprint density at radius 2 is 2.25 bits per heavy atom. The van der Waals surface area contributed by atoms with Crippen molar-refractivity contribution in [1.29, 1.82) is 0 Å². The zero-order valence-electron chi connectivity index (χ0n) is 12.6. The Morgan fingerprint density at radius 1 is 1.50 bits per heavy atom. The molecular formula is C14H26N4O2. The minimum absolute atomic E-state index is 0.0772. The number of aryl methyl sites for hydroxylation is 1. The average molecular weight is 282 g/mol. The molecule has 0 saturated heterocycles. The molecule has 1 aromatic heterocycles. The first-order valence-corrected chi connectivity index (χ1v) is 7.16. The third kappa shape index (κ3) is 6.06. The lowest BCUT2D eigenvalue weighted by Gasteiger charge is -2.17. The number of amides is 2. The molecule has 0 aliphatic rings. The molecule has 20 heavy (non-hydrogen) atoms. The zero-order valence-corrected chi connectivity index (χ0v) is 12.6. The highest BCUT2D eigenvalue weighted by atomic mass is 16.3. The number of nitrogens with one attached hydrogen (secondary N) is 2. The van der Waals surface area contributed by atoms with Gasteiger partial charge in [-0.25, -0.2) is 9.78 Å². The Kier molecular flexibility index (Phi) is 7.08. The number of nitrogens with zero attached hydrogens (tertiary/aromatic N) is 2. The lowest BCUT2D eigenvalue weighted by molar-refractivity contribution is 0.232. The third-order valence-corrected chi connectivity index (χ3v) is 3.22. The normalized spacial score (nSPS) is 13.8. The van der Waals surface area contributed by atoms with E-state index in [-0.39, 0.29) is 18.7 Å². The van der Waals surface area contributed by atoms with E-state index < -0.39 is 0 Å². The fourth-order valence-electron chi connectivity index (χ4n) is 2.01. The van der Waals surface area contributed by atoms with E-state index in [1.54, 1.807) is 6.20 Å². The first kappa shape index (κ1) is 16.5. The predicted molar refractivity (Wildman–Crippen MR) is 78.4 cm³/mol. The summed E-state index contributed by atoms with van der Waals surface area (Å²) in [4.78, 5) is 15.9. The van der Waals surface area contributed by atoms with Crippen molar-refractivity contribution in [2.75, 3.05) is 13.2 Å². The van der Waals surface area contributed by atoms with Crippen molar-refractivity contribution in [3.63, 3.8) is 0 Å².